The third-order valence-electron chi connectivity index (χ3n) is 8.16. The van der Waals surface area contributed by atoms with Gasteiger partial charge in [-0.3, -0.25) is 0 Å². The normalized spacial score (nSPS) is 12.5. The molecule has 0 unspecified atom stereocenters. The maximum atomic E-state index is 5.23. The highest BCUT2D eigenvalue weighted by molar-refractivity contribution is 5.83. The fourth-order valence-electron chi connectivity index (χ4n) is 6.02. The van der Waals surface area contributed by atoms with Crippen molar-refractivity contribution in [3.05, 3.63) is 69.8 Å². The number of nitrogens with one attached hydrogen (secondary N) is 1. The zero-order valence-electron chi connectivity index (χ0n) is 25.0. The van der Waals surface area contributed by atoms with Crippen LogP contribution < -0.4 is 0 Å². The van der Waals surface area contributed by atoms with Gasteiger partial charge in [-0.05, 0) is 111 Å². The molecule has 0 atom stereocenters. The van der Waals surface area contributed by atoms with Crippen molar-refractivity contribution in [2.75, 3.05) is 0 Å². The molecule has 0 fully saturated rings. The van der Waals surface area contributed by atoms with E-state index in [1.54, 1.807) is 11.1 Å². The molecule has 0 saturated carbocycles. The van der Waals surface area contributed by atoms with Crippen molar-refractivity contribution in [3.63, 3.8) is 0 Å². The summed E-state index contributed by atoms with van der Waals surface area (Å²) in [7, 11) is 0. The summed E-state index contributed by atoms with van der Waals surface area (Å²) in [6.07, 6.45) is 21.5. The van der Waals surface area contributed by atoms with E-state index >= 15 is 0 Å². The molecule has 0 amide bonds. The standard InChI is InChI=1S/C36H46N4/c1-5-9-13-31-32(14-10-6-2)36-33(15-11-7-3)34-21-20-29(39-34)24-28-17-16-26(37-28)23-27-18-19-30(38-27)25-35(31)40(36)22-12-8-4/h16-21,23-25,37H,5-15,22H2,1-4H3. The van der Waals surface area contributed by atoms with Gasteiger partial charge >= 0.3 is 0 Å². The predicted molar refractivity (Wildman–Crippen MR) is 173 cm³/mol. The van der Waals surface area contributed by atoms with E-state index in [1.165, 1.54) is 68.0 Å². The SMILES string of the molecule is CCCCc1c(CCCC)c2c(CCCC)c3nc(cc4ccc(cc5nc(cc1n2CCCC)C=C5)[nH]4)C=C3. The van der Waals surface area contributed by atoms with Crippen molar-refractivity contribution in [1.29, 1.82) is 0 Å². The number of nitrogens with zero attached hydrogens (tertiary/aromatic N) is 3. The number of aryl methyl sites for hydroxylation is 4. The van der Waals surface area contributed by atoms with E-state index < -0.39 is 0 Å². The van der Waals surface area contributed by atoms with Crippen LogP contribution in [0.5, 0.6) is 0 Å². The summed E-state index contributed by atoms with van der Waals surface area (Å²) >= 11 is 0. The fraction of sp³-hybridized carbons (Fsp3) is 0.444. The number of unbranched alkanes of at least 4 members (excludes halogenated alkanes) is 4. The highest BCUT2D eigenvalue weighted by Crippen LogP contribution is 2.34. The molecule has 4 nitrogen and oxygen atoms in total. The van der Waals surface area contributed by atoms with Gasteiger partial charge in [0.15, 0.2) is 0 Å². The van der Waals surface area contributed by atoms with Gasteiger partial charge in [-0.1, -0.05) is 53.4 Å². The van der Waals surface area contributed by atoms with Gasteiger partial charge in [-0.25, -0.2) is 9.97 Å². The van der Waals surface area contributed by atoms with E-state index in [1.807, 2.05) is 0 Å². The third-order valence-corrected chi connectivity index (χ3v) is 8.16. The van der Waals surface area contributed by atoms with Gasteiger partial charge in [0.1, 0.15) is 0 Å². The molecule has 0 saturated heterocycles. The first-order valence-electron chi connectivity index (χ1n) is 15.8. The molecule has 3 aromatic rings. The van der Waals surface area contributed by atoms with Crippen molar-refractivity contribution < 1.29 is 0 Å². The number of rotatable bonds is 12. The minimum atomic E-state index is 0.990. The number of aromatic amines is 1. The minimum absolute atomic E-state index is 0.990. The molecular weight excluding hydrogens is 488 g/mol. The summed E-state index contributed by atoms with van der Waals surface area (Å²) in [6.45, 7) is 10.3. The van der Waals surface area contributed by atoms with Crippen LogP contribution in [0.25, 0.3) is 46.4 Å². The van der Waals surface area contributed by atoms with Crippen LogP contribution in [0.3, 0.4) is 0 Å². The second-order valence-corrected chi connectivity index (χ2v) is 11.3. The lowest BCUT2D eigenvalue weighted by Crippen LogP contribution is -2.03. The molecule has 8 bridgehead atoms. The smallest absolute Gasteiger partial charge is 0.0690 e. The van der Waals surface area contributed by atoms with Gasteiger partial charge < -0.3 is 9.55 Å². The van der Waals surface area contributed by atoms with Gasteiger partial charge in [0, 0.05) is 28.7 Å². The van der Waals surface area contributed by atoms with Crippen molar-refractivity contribution in [2.45, 2.75) is 105 Å². The Kier molecular flexibility index (Phi) is 9.36. The van der Waals surface area contributed by atoms with E-state index in [4.69, 9.17) is 9.97 Å². The number of aromatic nitrogens is 4. The van der Waals surface area contributed by atoms with E-state index in [2.05, 4.69) is 91.9 Å². The predicted octanol–water partition coefficient (Wildman–Crippen LogP) is 9.96. The second kappa shape index (κ2) is 13.3. The average molecular weight is 535 g/mol. The highest BCUT2D eigenvalue weighted by atomic mass is 15.0. The van der Waals surface area contributed by atoms with Crippen LogP contribution in [0.2, 0.25) is 0 Å². The van der Waals surface area contributed by atoms with E-state index in [0.717, 1.165) is 59.6 Å². The van der Waals surface area contributed by atoms with Crippen LogP contribution in [-0.2, 0) is 25.8 Å². The number of H-pyrrole nitrogens is 1. The molecule has 3 aromatic heterocycles. The molecule has 5 rings (SSSR count). The van der Waals surface area contributed by atoms with Crippen LogP contribution in [0.4, 0.5) is 0 Å². The van der Waals surface area contributed by atoms with Gasteiger partial charge in [0.25, 0.3) is 0 Å². The summed E-state index contributed by atoms with van der Waals surface area (Å²) in [5, 5.41) is 0. The molecule has 210 valence electrons. The quantitative estimate of drug-likeness (QED) is 0.173. The maximum absolute atomic E-state index is 5.23. The lowest BCUT2D eigenvalue weighted by Gasteiger charge is -2.12. The molecule has 4 heteroatoms. The van der Waals surface area contributed by atoms with E-state index in [-0.39, 0.29) is 0 Å². The van der Waals surface area contributed by atoms with Crippen molar-refractivity contribution in [2.24, 2.45) is 0 Å². The topological polar surface area (TPSA) is 46.5 Å². The van der Waals surface area contributed by atoms with Crippen molar-refractivity contribution in [3.8, 4) is 0 Å². The molecule has 1 N–H and O–H groups in total. The summed E-state index contributed by atoms with van der Waals surface area (Å²) in [4.78, 5) is 13.8. The number of hydrogen-bond donors (Lipinski definition) is 1. The Labute approximate surface area is 240 Å². The molecule has 0 spiro atoms. The lowest BCUT2D eigenvalue weighted by atomic mass is 9.96. The Hall–Kier alpha value is -3.40. The zero-order valence-corrected chi connectivity index (χ0v) is 25.0. The van der Waals surface area contributed by atoms with E-state index in [9.17, 15) is 0 Å². The first-order valence-corrected chi connectivity index (χ1v) is 15.8. The highest BCUT2D eigenvalue weighted by Gasteiger charge is 2.21. The minimum Gasteiger partial charge on any atom is -0.355 e. The Morgan fingerprint density at radius 3 is 1.80 bits per heavy atom. The fourth-order valence-corrected chi connectivity index (χ4v) is 6.02. The molecule has 40 heavy (non-hydrogen) atoms. The van der Waals surface area contributed by atoms with Crippen molar-refractivity contribution >= 4 is 46.4 Å². The van der Waals surface area contributed by atoms with Crippen LogP contribution >= 0.6 is 0 Å². The van der Waals surface area contributed by atoms with Gasteiger partial charge in [-0.2, -0.15) is 0 Å². The monoisotopic (exact) mass is 534 g/mol. The molecule has 0 aliphatic carbocycles. The molecule has 0 aromatic carbocycles. The van der Waals surface area contributed by atoms with Crippen LogP contribution in [0, 0.1) is 0 Å². The lowest BCUT2D eigenvalue weighted by molar-refractivity contribution is 0.658. The van der Waals surface area contributed by atoms with Gasteiger partial charge in [0.05, 0.1) is 28.3 Å². The van der Waals surface area contributed by atoms with Gasteiger partial charge in [0.2, 0.25) is 0 Å². The Bertz CT molecular complexity index is 1550. The first-order chi connectivity index (χ1) is 19.6. The van der Waals surface area contributed by atoms with Crippen LogP contribution in [-0.4, -0.2) is 19.5 Å². The Morgan fingerprint density at radius 2 is 1.15 bits per heavy atom. The molecular formula is C36H46N4. The first kappa shape index (κ1) is 28.1. The second-order valence-electron chi connectivity index (χ2n) is 11.3. The summed E-state index contributed by atoms with van der Waals surface area (Å²) in [5.74, 6) is 0. The van der Waals surface area contributed by atoms with Crippen LogP contribution in [0.1, 0.15) is 119 Å². The molecule has 0 radical (unpaired) electrons. The van der Waals surface area contributed by atoms with Crippen LogP contribution in [0.15, 0.2) is 30.3 Å². The maximum Gasteiger partial charge on any atom is 0.0690 e. The molecule has 2 aliphatic rings. The number of hydrogen-bond acceptors (Lipinski definition) is 2. The summed E-state index contributed by atoms with van der Waals surface area (Å²) in [5.41, 5.74) is 13.7. The zero-order chi connectivity index (χ0) is 27.9. The van der Waals surface area contributed by atoms with E-state index in [0.29, 0.717) is 0 Å². The van der Waals surface area contributed by atoms with Crippen molar-refractivity contribution in [1.82, 2.24) is 19.5 Å². The number of fused-ring (bicyclic) bond motifs is 8. The summed E-state index contributed by atoms with van der Waals surface area (Å²) < 4.78 is 2.67. The molecule has 5 heterocycles. The molecule has 2 aliphatic heterocycles. The largest absolute Gasteiger partial charge is 0.355 e. The Balaban J connectivity index is 1.96. The van der Waals surface area contributed by atoms with Gasteiger partial charge in [-0.15, -0.1) is 0 Å². The third kappa shape index (κ3) is 6.16. The average Bonchev–Trinajstić information content (AvgIpc) is 3.75. The Morgan fingerprint density at radius 1 is 0.600 bits per heavy atom. The summed E-state index contributed by atoms with van der Waals surface area (Å²) in [6, 6.07) is 10.9.